The summed E-state index contributed by atoms with van der Waals surface area (Å²) in [5.74, 6) is 1.71. The van der Waals surface area contributed by atoms with E-state index in [2.05, 4.69) is 30.5 Å². The number of aryl methyl sites for hydroxylation is 2. The number of nitrogens with zero attached hydrogens (tertiary/aromatic N) is 7. The van der Waals surface area contributed by atoms with E-state index in [9.17, 15) is 9.18 Å². The van der Waals surface area contributed by atoms with Crippen molar-refractivity contribution in [2.24, 2.45) is 7.05 Å². The van der Waals surface area contributed by atoms with Crippen LogP contribution in [0.3, 0.4) is 0 Å². The van der Waals surface area contributed by atoms with Crippen molar-refractivity contribution in [3.8, 4) is 11.3 Å². The molecule has 35 heavy (non-hydrogen) atoms. The van der Waals surface area contributed by atoms with E-state index in [0.29, 0.717) is 43.4 Å². The molecule has 10 heteroatoms. The third-order valence-corrected chi connectivity index (χ3v) is 5.92. The number of piperazine rings is 1. The van der Waals surface area contributed by atoms with Gasteiger partial charge >= 0.3 is 0 Å². The van der Waals surface area contributed by atoms with Crippen LogP contribution in [0.2, 0.25) is 0 Å². The number of halogens is 1. The van der Waals surface area contributed by atoms with Gasteiger partial charge in [-0.2, -0.15) is 5.10 Å². The van der Waals surface area contributed by atoms with Crippen molar-refractivity contribution >= 4 is 23.4 Å². The third kappa shape index (κ3) is 4.96. The van der Waals surface area contributed by atoms with Crippen LogP contribution in [0.15, 0.2) is 60.7 Å². The van der Waals surface area contributed by atoms with Gasteiger partial charge in [0.2, 0.25) is 0 Å². The van der Waals surface area contributed by atoms with Crippen molar-refractivity contribution in [1.82, 2.24) is 29.9 Å². The van der Waals surface area contributed by atoms with Crippen LogP contribution < -0.4 is 10.2 Å². The van der Waals surface area contributed by atoms with Crippen molar-refractivity contribution in [2.45, 2.75) is 6.92 Å². The highest BCUT2D eigenvalue weighted by Gasteiger charge is 2.25. The van der Waals surface area contributed by atoms with E-state index in [0.717, 1.165) is 22.9 Å². The molecule has 5 rings (SSSR count). The minimum absolute atomic E-state index is 0.0794. The molecule has 0 spiro atoms. The van der Waals surface area contributed by atoms with Gasteiger partial charge in [0.05, 0.1) is 5.69 Å². The SMILES string of the molecule is Cc1cccc(Nc2ccc(N3CCN(C(=O)c4cc(-c5ccc(F)cc5)nn4C)CC3)nn2)n1. The van der Waals surface area contributed by atoms with Crippen molar-refractivity contribution in [3.05, 3.63) is 77.9 Å². The molecule has 4 heterocycles. The van der Waals surface area contributed by atoms with E-state index in [-0.39, 0.29) is 11.7 Å². The number of aromatic nitrogens is 5. The number of hydrogen-bond acceptors (Lipinski definition) is 7. The maximum Gasteiger partial charge on any atom is 0.272 e. The average molecular weight is 473 g/mol. The van der Waals surface area contributed by atoms with Gasteiger partial charge in [0.15, 0.2) is 11.6 Å². The van der Waals surface area contributed by atoms with Gasteiger partial charge in [-0.3, -0.25) is 9.48 Å². The number of carbonyl (C=O) groups is 1. The van der Waals surface area contributed by atoms with Crippen LogP contribution in [0.5, 0.6) is 0 Å². The van der Waals surface area contributed by atoms with Gasteiger partial charge in [-0.1, -0.05) is 6.07 Å². The molecule has 178 valence electrons. The lowest BCUT2D eigenvalue weighted by Gasteiger charge is -2.35. The summed E-state index contributed by atoms with van der Waals surface area (Å²) in [6.07, 6.45) is 0. The fraction of sp³-hybridized carbons (Fsp3) is 0.240. The van der Waals surface area contributed by atoms with Crippen molar-refractivity contribution < 1.29 is 9.18 Å². The molecule has 0 atom stereocenters. The quantitative estimate of drug-likeness (QED) is 0.476. The van der Waals surface area contributed by atoms with E-state index in [1.165, 1.54) is 12.1 Å². The molecular formula is C25H25FN8O. The Kier molecular flexibility index (Phi) is 6.09. The fourth-order valence-electron chi connectivity index (χ4n) is 4.03. The Morgan fingerprint density at radius 1 is 0.943 bits per heavy atom. The zero-order chi connectivity index (χ0) is 24.4. The molecule has 1 N–H and O–H groups in total. The number of rotatable bonds is 5. The molecular weight excluding hydrogens is 447 g/mol. The standard InChI is InChI=1S/C25H25FN8O/c1-17-4-3-5-22(27-17)28-23-10-11-24(30-29-23)33-12-14-34(15-13-33)25(35)21-16-20(31-32(21)2)18-6-8-19(26)9-7-18/h3-11,16H,12-15H2,1-2H3,(H,27,28,29). The normalized spacial score (nSPS) is 13.7. The molecule has 0 unspecified atom stereocenters. The summed E-state index contributed by atoms with van der Waals surface area (Å²) >= 11 is 0. The van der Waals surface area contributed by atoms with Gasteiger partial charge in [0.1, 0.15) is 17.3 Å². The van der Waals surface area contributed by atoms with Crippen LogP contribution >= 0.6 is 0 Å². The van der Waals surface area contributed by atoms with Gasteiger partial charge in [0, 0.05) is 44.5 Å². The van der Waals surface area contributed by atoms with Crippen molar-refractivity contribution in [2.75, 3.05) is 36.4 Å². The molecule has 1 saturated heterocycles. The number of hydrogen-bond donors (Lipinski definition) is 1. The Labute approximate surface area is 202 Å². The lowest BCUT2D eigenvalue weighted by molar-refractivity contribution is 0.0735. The van der Waals surface area contributed by atoms with Crippen LogP contribution in [-0.2, 0) is 7.05 Å². The van der Waals surface area contributed by atoms with Gasteiger partial charge in [-0.15, -0.1) is 10.2 Å². The van der Waals surface area contributed by atoms with Crippen LogP contribution in [-0.4, -0.2) is 61.9 Å². The molecule has 0 bridgehead atoms. The molecule has 0 aliphatic carbocycles. The minimum atomic E-state index is -0.308. The number of anilines is 3. The van der Waals surface area contributed by atoms with E-state index >= 15 is 0 Å². The maximum absolute atomic E-state index is 13.2. The molecule has 1 aliphatic rings. The van der Waals surface area contributed by atoms with Crippen LogP contribution in [0.1, 0.15) is 16.2 Å². The first kappa shape index (κ1) is 22.5. The Hall–Kier alpha value is -4.34. The monoisotopic (exact) mass is 472 g/mol. The smallest absolute Gasteiger partial charge is 0.272 e. The molecule has 1 amide bonds. The van der Waals surface area contributed by atoms with Gasteiger partial charge < -0.3 is 15.1 Å². The third-order valence-electron chi connectivity index (χ3n) is 5.92. The molecule has 9 nitrogen and oxygen atoms in total. The highest BCUT2D eigenvalue weighted by atomic mass is 19.1. The largest absolute Gasteiger partial charge is 0.352 e. The first-order valence-electron chi connectivity index (χ1n) is 11.3. The topological polar surface area (TPSA) is 92.1 Å². The number of carbonyl (C=O) groups excluding carboxylic acids is 1. The zero-order valence-corrected chi connectivity index (χ0v) is 19.5. The highest BCUT2D eigenvalue weighted by molar-refractivity contribution is 5.94. The minimum Gasteiger partial charge on any atom is -0.352 e. The highest BCUT2D eigenvalue weighted by Crippen LogP contribution is 2.21. The number of benzene rings is 1. The molecule has 1 fully saturated rings. The van der Waals surface area contributed by atoms with Gasteiger partial charge in [0.25, 0.3) is 5.91 Å². The Morgan fingerprint density at radius 2 is 1.71 bits per heavy atom. The summed E-state index contributed by atoms with van der Waals surface area (Å²) in [7, 11) is 1.74. The molecule has 4 aromatic rings. The molecule has 0 radical (unpaired) electrons. The number of pyridine rings is 1. The molecule has 1 aliphatic heterocycles. The second-order valence-corrected chi connectivity index (χ2v) is 8.39. The van der Waals surface area contributed by atoms with Gasteiger partial charge in [-0.25, -0.2) is 9.37 Å². The first-order valence-corrected chi connectivity index (χ1v) is 11.3. The predicted molar refractivity (Wildman–Crippen MR) is 131 cm³/mol. The van der Waals surface area contributed by atoms with Crippen molar-refractivity contribution in [1.29, 1.82) is 0 Å². The van der Waals surface area contributed by atoms with Crippen LogP contribution in [0, 0.1) is 12.7 Å². The van der Waals surface area contributed by atoms with Crippen LogP contribution in [0.4, 0.5) is 21.8 Å². The second kappa shape index (κ2) is 9.49. The number of amides is 1. The second-order valence-electron chi connectivity index (χ2n) is 8.39. The summed E-state index contributed by atoms with van der Waals surface area (Å²) < 4.78 is 14.8. The Morgan fingerprint density at radius 3 is 2.40 bits per heavy atom. The number of nitrogens with one attached hydrogen (secondary N) is 1. The first-order chi connectivity index (χ1) is 17.0. The van der Waals surface area contributed by atoms with Gasteiger partial charge in [-0.05, 0) is 61.5 Å². The molecule has 3 aromatic heterocycles. The van der Waals surface area contributed by atoms with Crippen LogP contribution in [0.25, 0.3) is 11.3 Å². The summed E-state index contributed by atoms with van der Waals surface area (Å²) in [4.78, 5) is 21.5. The predicted octanol–water partition coefficient (Wildman–Crippen LogP) is 3.43. The van der Waals surface area contributed by atoms with E-state index in [1.54, 1.807) is 29.9 Å². The van der Waals surface area contributed by atoms with E-state index < -0.39 is 0 Å². The molecule has 1 aromatic carbocycles. The zero-order valence-electron chi connectivity index (χ0n) is 19.5. The van der Waals surface area contributed by atoms with E-state index in [1.807, 2.05) is 42.2 Å². The lowest BCUT2D eigenvalue weighted by Crippen LogP contribution is -2.49. The maximum atomic E-state index is 13.2. The summed E-state index contributed by atoms with van der Waals surface area (Å²) in [6, 6.07) is 17.4. The Bertz CT molecular complexity index is 1330. The fourth-order valence-corrected chi connectivity index (χ4v) is 4.03. The average Bonchev–Trinajstić information content (AvgIpc) is 3.26. The summed E-state index contributed by atoms with van der Waals surface area (Å²) in [5.41, 5.74) is 2.82. The summed E-state index contributed by atoms with van der Waals surface area (Å²) in [5, 5.41) is 16.2. The van der Waals surface area contributed by atoms with E-state index in [4.69, 9.17) is 0 Å². The molecule has 0 saturated carbocycles. The summed E-state index contributed by atoms with van der Waals surface area (Å²) in [6.45, 7) is 4.35. The van der Waals surface area contributed by atoms with Crippen molar-refractivity contribution in [3.63, 3.8) is 0 Å². The lowest BCUT2D eigenvalue weighted by atomic mass is 10.1. The Balaban J connectivity index is 1.20.